The standard InChI is InChI=1S/C10H16N4S/c1-7-9(8-3-5-11-6-4-8)13-14-10(12-7)15-2/h8,11H,3-6H2,1-2H3. The fourth-order valence-electron chi connectivity index (χ4n) is 1.95. The van der Waals surface area contributed by atoms with Crippen LogP contribution in [0.15, 0.2) is 5.16 Å². The van der Waals surface area contributed by atoms with Gasteiger partial charge in [0.25, 0.3) is 0 Å². The van der Waals surface area contributed by atoms with Gasteiger partial charge in [-0.3, -0.25) is 0 Å². The third kappa shape index (κ3) is 2.46. The molecule has 1 fully saturated rings. The van der Waals surface area contributed by atoms with Gasteiger partial charge < -0.3 is 5.32 Å². The van der Waals surface area contributed by atoms with Crippen molar-refractivity contribution in [1.29, 1.82) is 0 Å². The highest BCUT2D eigenvalue weighted by molar-refractivity contribution is 7.98. The second-order valence-corrected chi connectivity index (χ2v) is 4.57. The highest BCUT2D eigenvalue weighted by Gasteiger charge is 2.19. The Morgan fingerprint density at radius 2 is 2.00 bits per heavy atom. The SMILES string of the molecule is CSc1nnc(C2CCNCC2)c(C)n1. The molecule has 1 N–H and O–H groups in total. The summed E-state index contributed by atoms with van der Waals surface area (Å²) in [4.78, 5) is 4.44. The van der Waals surface area contributed by atoms with Crippen molar-refractivity contribution in [3.05, 3.63) is 11.4 Å². The van der Waals surface area contributed by atoms with Gasteiger partial charge in [-0.1, -0.05) is 11.8 Å². The molecule has 5 heteroatoms. The van der Waals surface area contributed by atoms with E-state index in [1.165, 1.54) is 0 Å². The molecule has 0 saturated carbocycles. The zero-order valence-corrected chi connectivity index (χ0v) is 9.97. The maximum absolute atomic E-state index is 4.44. The molecule has 0 amide bonds. The number of thioether (sulfide) groups is 1. The summed E-state index contributed by atoms with van der Waals surface area (Å²) in [6, 6.07) is 0. The fraction of sp³-hybridized carbons (Fsp3) is 0.700. The van der Waals surface area contributed by atoms with Crippen molar-refractivity contribution in [1.82, 2.24) is 20.5 Å². The van der Waals surface area contributed by atoms with E-state index in [1.807, 2.05) is 13.2 Å². The summed E-state index contributed by atoms with van der Waals surface area (Å²) in [5, 5.41) is 12.5. The molecule has 0 atom stereocenters. The average molecular weight is 224 g/mol. The number of aryl methyl sites for hydroxylation is 1. The van der Waals surface area contributed by atoms with E-state index in [0.29, 0.717) is 5.92 Å². The Kier molecular flexibility index (Phi) is 3.53. The van der Waals surface area contributed by atoms with Gasteiger partial charge in [-0.25, -0.2) is 4.98 Å². The maximum Gasteiger partial charge on any atom is 0.209 e. The maximum atomic E-state index is 4.44. The van der Waals surface area contributed by atoms with Crippen molar-refractivity contribution in [2.45, 2.75) is 30.8 Å². The highest BCUT2D eigenvalue weighted by Crippen LogP contribution is 2.25. The minimum atomic E-state index is 0.544. The van der Waals surface area contributed by atoms with Crippen molar-refractivity contribution in [2.24, 2.45) is 0 Å². The zero-order chi connectivity index (χ0) is 10.7. The molecule has 2 heterocycles. The number of nitrogens with zero attached hydrogens (tertiary/aromatic N) is 3. The molecular weight excluding hydrogens is 208 g/mol. The van der Waals surface area contributed by atoms with Crippen LogP contribution >= 0.6 is 11.8 Å². The van der Waals surface area contributed by atoms with E-state index in [0.717, 1.165) is 42.5 Å². The minimum Gasteiger partial charge on any atom is -0.317 e. The fourth-order valence-corrected chi connectivity index (χ4v) is 2.30. The van der Waals surface area contributed by atoms with E-state index in [4.69, 9.17) is 0 Å². The molecule has 82 valence electrons. The van der Waals surface area contributed by atoms with Gasteiger partial charge in [0, 0.05) is 5.92 Å². The lowest BCUT2D eigenvalue weighted by Crippen LogP contribution is -2.27. The van der Waals surface area contributed by atoms with Crippen molar-refractivity contribution >= 4 is 11.8 Å². The molecule has 0 radical (unpaired) electrons. The molecule has 1 saturated heterocycles. The van der Waals surface area contributed by atoms with Gasteiger partial charge in [-0.2, -0.15) is 5.10 Å². The Morgan fingerprint density at radius 3 is 2.60 bits per heavy atom. The molecule has 1 aliphatic heterocycles. The Bertz CT molecular complexity index is 336. The Labute approximate surface area is 94.3 Å². The van der Waals surface area contributed by atoms with Gasteiger partial charge in [-0.15, -0.1) is 5.10 Å². The second-order valence-electron chi connectivity index (χ2n) is 3.79. The molecule has 0 spiro atoms. The lowest BCUT2D eigenvalue weighted by atomic mass is 9.93. The van der Waals surface area contributed by atoms with Crippen molar-refractivity contribution in [3.63, 3.8) is 0 Å². The quantitative estimate of drug-likeness (QED) is 0.769. The summed E-state index contributed by atoms with van der Waals surface area (Å²) < 4.78 is 0. The van der Waals surface area contributed by atoms with Crippen LogP contribution in [-0.2, 0) is 0 Å². The molecule has 2 rings (SSSR count). The van der Waals surface area contributed by atoms with Crippen molar-refractivity contribution < 1.29 is 0 Å². The van der Waals surface area contributed by atoms with Gasteiger partial charge in [-0.05, 0) is 39.1 Å². The molecule has 0 aromatic carbocycles. The molecule has 1 aromatic heterocycles. The highest BCUT2D eigenvalue weighted by atomic mass is 32.2. The summed E-state index contributed by atoms with van der Waals surface area (Å²) in [5.41, 5.74) is 2.13. The van der Waals surface area contributed by atoms with Gasteiger partial charge in [0.2, 0.25) is 5.16 Å². The molecule has 0 bridgehead atoms. The summed E-state index contributed by atoms with van der Waals surface area (Å²) >= 11 is 1.54. The number of hydrogen-bond acceptors (Lipinski definition) is 5. The van der Waals surface area contributed by atoms with Crippen LogP contribution in [-0.4, -0.2) is 34.5 Å². The number of aromatic nitrogens is 3. The predicted octanol–water partition coefficient (Wildman–Crippen LogP) is 1.37. The molecule has 0 aliphatic carbocycles. The van der Waals surface area contributed by atoms with Crippen LogP contribution in [0.25, 0.3) is 0 Å². The van der Waals surface area contributed by atoms with Crippen LogP contribution in [0.1, 0.15) is 30.1 Å². The molecule has 15 heavy (non-hydrogen) atoms. The number of rotatable bonds is 2. The summed E-state index contributed by atoms with van der Waals surface area (Å²) in [5.74, 6) is 0.544. The second kappa shape index (κ2) is 4.90. The van der Waals surface area contributed by atoms with E-state index in [9.17, 15) is 0 Å². The first-order valence-corrected chi connectivity index (χ1v) is 6.49. The number of hydrogen-bond donors (Lipinski definition) is 1. The van der Waals surface area contributed by atoms with E-state index < -0.39 is 0 Å². The van der Waals surface area contributed by atoms with Crippen LogP contribution in [0, 0.1) is 6.92 Å². The largest absolute Gasteiger partial charge is 0.317 e. The van der Waals surface area contributed by atoms with Crippen LogP contribution in [0.5, 0.6) is 0 Å². The molecular formula is C10H16N4S. The van der Waals surface area contributed by atoms with E-state index in [-0.39, 0.29) is 0 Å². The third-order valence-corrected chi connectivity index (χ3v) is 3.32. The molecule has 1 aliphatic rings. The first-order chi connectivity index (χ1) is 7.31. The number of piperidine rings is 1. The van der Waals surface area contributed by atoms with Crippen LogP contribution in [0.3, 0.4) is 0 Å². The summed E-state index contributed by atoms with van der Waals surface area (Å²) in [6.45, 7) is 4.19. The predicted molar refractivity (Wildman–Crippen MR) is 61.2 cm³/mol. The minimum absolute atomic E-state index is 0.544. The van der Waals surface area contributed by atoms with Crippen LogP contribution in [0.2, 0.25) is 0 Å². The van der Waals surface area contributed by atoms with Crippen molar-refractivity contribution in [3.8, 4) is 0 Å². The smallest absolute Gasteiger partial charge is 0.209 e. The molecule has 1 aromatic rings. The first-order valence-electron chi connectivity index (χ1n) is 5.27. The zero-order valence-electron chi connectivity index (χ0n) is 9.16. The normalized spacial score (nSPS) is 18.0. The third-order valence-electron chi connectivity index (χ3n) is 2.79. The van der Waals surface area contributed by atoms with Crippen LogP contribution < -0.4 is 5.32 Å². The molecule has 4 nitrogen and oxygen atoms in total. The Balaban J connectivity index is 2.19. The van der Waals surface area contributed by atoms with Gasteiger partial charge >= 0.3 is 0 Å². The summed E-state index contributed by atoms with van der Waals surface area (Å²) in [6.07, 6.45) is 4.27. The average Bonchev–Trinajstić information content (AvgIpc) is 2.30. The van der Waals surface area contributed by atoms with E-state index in [2.05, 4.69) is 20.5 Å². The van der Waals surface area contributed by atoms with Crippen molar-refractivity contribution in [2.75, 3.05) is 19.3 Å². The van der Waals surface area contributed by atoms with Gasteiger partial charge in [0.15, 0.2) is 0 Å². The first kappa shape index (κ1) is 10.8. The summed E-state index contributed by atoms with van der Waals surface area (Å²) in [7, 11) is 0. The lowest BCUT2D eigenvalue weighted by molar-refractivity contribution is 0.444. The Morgan fingerprint density at radius 1 is 1.27 bits per heavy atom. The van der Waals surface area contributed by atoms with Gasteiger partial charge in [0.1, 0.15) is 0 Å². The lowest BCUT2D eigenvalue weighted by Gasteiger charge is -2.22. The Hall–Kier alpha value is -0.680. The topological polar surface area (TPSA) is 50.7 Å². The van der Waals surface area contributed by atoms with E-state index >= 15 is 0 Å². The van der Waals surface area contributed by atoms with Gasteiger partial charge in [0.05, 0.1) is 11.4 Å². The van der Waals surface area contributed by atoms with E-state index in [1.54, 1.807) is 11.8 Å². The monoisotopic (exact) mass is 224 g/mol. The number of nitrogens with one attached hydrogen (secondary N) is 1. The van der Waals surface area contributed by atoms with Crippen LogP contribution in [0.4, 0.5) is 0 Å². The molecule has 0 unspecified atom stereocenters.